The van der Waals surface area contributed by atoms with Crippen LogP contribution in [0.2, 0.25) is 0 Å². The fraction of sp³-hybridized carbons (Fsp3) is 0.462. The largest absolute Gasteiger partial charge is 0.490 e. The van der Waals surface area contributed by atoms with E-state index in [2.05, 4.69) is 0 Å². The van der Waals surface area contributed by atoms with Gasteiger partial charge in [-0.25, -0.2) is 9.18 Å². The van der Waals surface area contributed by atoms with Crippen molar-refractivity contribution in [3.63, 3.8) is 0 Å². The molecular weight excluding hydrogens is 237 g/mol. The Kier molecular flexibility index (Phi) is 3.69. The molecule has 0 amide bonds. The second-order valence-corrected chi connectivity index (χ2v) is 4.64. The third kappa shape index (κ3) is 2.72. The third-order valence-electron chi connectivity index (χ3n) is 3.28. The molecule has 18 heavy (non-hydrogen) atoms. The van der Waals surface area contributed by atoms with E-state index in [0.29, 0.717) is 12.5 Å². The lowest BCUT2D eigenvalue weighted by molar-refractivity contribution is 0.0697. The van der Waals surface area contributed by atoms with E-state index in [-0.39, 0.29) is 17.0 Å². The van der Waals surface area contributed by atoms with E-state index in [1.54, 1.807) is 0 Å². The lowest BCUT2D eigenvalue weighted by atomic mass is 10.1. The highest BCUT2D eigenvalue weighted by Crippen LogP contribution is 2.28. The van der Waals surface area contributed by atoms with Crippen LogP contribution >= 0.6 is 0 Å². The minimum atomic E-state index is -1.18. The zero-order valence-electron chi connectivity index (χ0n) is 9.99. The standard InChI is InChI=1S/C13H16FNO3/c14-10-6-11(15)9(13(16)17)5-12(10)18-7-8-3-1-2-4-8/h5-6,8H,1-4,7,15H2,(H,16,17). The van der Waals surface area contributed by atoms with Crippen LogP contribution in [-0.4, -0.2) is 17.7 Å². The van der Waals surface area contributed by atoms with Crippen LogP contribution in [0.1, 0.15) is 36.0 Å². The number of hydrogen-bond donors (Lipinski definition) is 2. The summed E-state index contributed by atoms with van der Waals surface area (Å²) in [5.41, 5.74) is 5.22. The molecular formula is C13H16FNO3. The second kappa shape index (κ2) is 5.25. The molecule has 1 fully saturated rings. The molecule has 0 aliphatic heterocycles. The summed E-state index contributed by atoms with van der Waals surface area (Å²) >= 11 is 0. The van der Waals surface area contributed by atoms with E-state index in [1.807, 2.05) is 0 Å². The Morgan fingerprint density at radius 2 is 2.11 bits per heavy atom. The Morgan fingerprint density at radius 1 is 1.44 bits per heavy atom. The minimum Gasteiger partial charge on any atom is -0.490 e. The number of halogens is 1. The molecule has 0 unspecified atom stereocenters. The summed E-state index contributed by atoms with van der Waals surface area (Å²) in [6, 6.07) is 2.15. The Balaban J connectivity index is 2.11. The quantitative estimate of drug-likeness (QED) is 0.809. The molecule has 0 bridgehead atoms. The van der Waals surface area contributed by atoms with Gasteiger partial charge in [-0.3, -0.25) is 0 Å². The predicted molar refractivity (Wildman–Crippen MR) is 65.2 cm³/mol. The first-order valence-corrected chi connectivity index (χ1v) is 6.03. The summed E-state index contributed by atoms with van der Waals surface area (Å²) in [5.74, 6) is -1.39. The van der Waals surface area contributed by atoms with Crippen molar-refractivity contribution in [2.24, 2.45) is 5.92 Å². The van der Waals surface area contributed by atoms with Crippen LogP contribution in [0.25, 0.3) is 0 Å². The minimum absolute atomic E-state index is 0.0338. The molecule has 4 nitrogen and oxygen atoms in total. The number of carboxylic acid groups (broad SMARTS) is 1. The molecule has 0 heterocycles. The van der Waals surface area contributed by atoms with Gasteiger partial charge < -0.3 is 15.6 Å². The number of carbonyl (C=O) groups is 1. The van der Waals surface area contributed by atoms with E-state index in [1.165, 1.54) is 12.8 Å². The number of rotatable bonds is 4. The van der Waals surface area contributed by atoms with Gasteiger partial charge in [0.2, 0.25) is 0 Å². The van der Waals surface area contributed by atoms with E-state index >= 15 is 0 Å². The van der Waals surface area contributed by atoms with Crippen molar-refractivity contribution >= 4 is 11.7 Å². The Morgan fingerprint density at radius 3 is 2.72 bits per heavy atom. The molecule has 1 aromatic carbocycles. The van der Waals surface area contributed by atoms with Crippen LogP contribution in [0, 0.1) is 11.7 Å². The number of benzene rings is 1. The van der Waals surface area contributed by atoms with E-state index < -0.39 is 11.8 Å². The van der Waals surface area contributed by atoms with Crippen LogP contribution < -0.4 is 10.5 Å². The lowest BCUT2D eigenvalue weighted by Crippen LogP contribution is -2.10. The molecule has 1 saturated carbocycles. The summed E-state index contributed by atoms with van der Waals surface area (Å²) in [6.45, 7) is 0.430. The van der Waals surface area contributed by atoms with Gasteiger partial charge in [0.05, 0.1) is 12.2 Å². The average Bonchev–Trinajstić information content (AvgIpc) is 2.80. The molecule has 2 rings (SSSR count). The summed E-state index contributed by atoms with van der Waals surface area (Å²) < 4.78 is 18.9. The first-order valence-electron chi connectivity index (χ1n) is 6.03. The summed E-state index contributed by atoms with van der Waals surface area (Å²) in [6.07, 6.45) is 4.53. The fourth-order valence-corrected chi connectivity index (χ4v) is 2.25. The normalized spacial score (nSPS) is 15.8. The van der Waals surface area contributed by atoms with E-state index in [4.69, 9.17) is 15.6 Å². The molecule has 98 valence electrons. The molecule has 1 aliphatic rings. The van der Waals surface area contributed by atoms with E-state index in [9.17, 15) is 9.18 Å². The van der Waals surface area contributed by atoms with Crippen molar-refractivity contribution in [1.82, 2.24) is 0 Å². The Labute approximate surface area is 105 Å². The highest BCUT2D eigenvalue weighted by Gasteiger charge is 2.18. The van der Waals surface area contributed by atoms with Crippen molar-refractivity contribution in [2.75, 3.05) is 12.3 Å². The molecule has 0 saturated heterocycles. The molecule has 1 aliphatic carbocycles. The highest BCUT2D eigenvalue weighted by molar-refractivity contribution is 5.94. The summed E-state index contributed by atoms with van der Waals surface area (Å²) in [4.78, 5) is 10.9. The number of carboxylic acids is 1. The lowest BCUT2D eigenvalue weighted by Gasteiger charge is -2.13. The smallest absolute Gasteiger partial charge is 0.337 e. The summed E-state index contributed by atoms with van der Waals surface area (Å²) in [5, 5.41) is 8.90. The number of ether oxygens (including phenoxy) is 1. The van der Waals surface area contributed by atoms with Gasteiger partial charge in [-0.15, -0.1) is 0 Å². The number of hydrogen-bond acceptors (Lipinski definition) is 3. The maximum absolute atomic E-state index is 13.6. The first kappa shape index (κ1) is 12.7. The number of aromatic carboxylic acids is 1. The molecule has 0 atom stereocenters. The van der Waals surface area contributed by atoms with Gasteiger partial charge in [-0.05, 0) is 24.8 Å². The van der Waals surface area contributed by atoms with Crippen LogP contribution in [0.4, 0.5) is 10.1 Å². The molecule has 0 spiro atoms. The van der Waals surface area contributed by atoms with Crippen molar-refractivity contribution < 1.29 is 19.0 Å². The molecule has 0 aromatic heterocycles. The monoisotopic (exact) mass is 253 g/mol. The van der Waals surface area contributed by atoms with Gasteiger partial charge in [0.1, 0.15) is 0 Å². The fourth-order valence-electron chi connectivity index (χ4n) is 2.25. The highest BCUT2D eigenvalue weighted by atomic mass is 19.1. The molecule has 0 radical (unpaired) electrons. The van der Waals surface area contributed by atoms with Crippen LogP contribution in [-0.2, 0) is 0 Å². The van der Waals surface area contributed by atoms with Crippen molar-refractivity contribution in [2.45, 2.75) is 25.7 Å². The van der Waals surface area contributed by atoms with Crippen LogP contribution in [0.15, 0.2) is 12.1 Å². The number of nitrogens with two attached hydrogens (primary N) is 1. The zero-order valence-corrected chi connectivity index (χ0v) is 9.99. The molecule has 1 aromatic rings. The predicted octanol–water partition coefficient (Wildman–Crippen LogP) is 2.68. The topological polar surface area (TPSA) is 72.5 Å². The Bertz CT molecular complexity index is 456. The van der Waals surface area contributed by atoms with Gasteiger partial charge in [0.25, 0.3) is 0 Å². The second-order valence-electron chi connectivity index (χ2n) is 4.64. The van der Waals surface area contributed by atoms with Gasteiger partial charge in [0.15, 0.2) is 11.6 Å². The van der Waals surface area contributed by atoms with Gasteiger partial charge in [-0.1, -0.05) is 12.8 Å². The van der Waals surface area contributed by atoms with Crippen molar-refractivity contribution in [3.8, 4) is 5.75 Å². The number of nitrogen functional groups attached to an aromatic ring is 1. The van der Waals surface area contributed by atoms with Crippen LogP contribution in [0.5, 0.6) is 5.75 Å². The van der Waals surface area contributed by atoms with Crippen molar-refractivity contribution in [1.29, 1.82) is 0 Å². The van der Waals surface area contributed by atoms with Crippen molar-refractivity contribution in [3.05, 3.63) is 23.5 Å². The Hall–Kier alpha value is -1.78. The van der Waals surface area contributed by atoms with Crippen LogP contribution in [0.3, 0.4) is 0 Å². The summed E-state index contributed by atoms with van der Waals surface area (Å²) in [7, 11) is 0. The maximum Gasteiger partial charge on any atom is 0.337 e. The van der Waals surface area contributed by atoms with Gasteiger partial charge in [0, 0.05) is 11.8 Å². The van der Waals surface area contributed by atoms with E-state index in [0.717, 1.165) is 25.0 Å². The first-order chi connectivity index (χ1) is 8.58. The van der Waals surface area contributed by atoms with Gasteiger partial charge >= 0.3 is 5.97 Å². The SMILES string of the molecule is Nc1cc(F)c(OCC2CCCC2)cc1C(=O)O. The average molecular weight is 253 g/mol. The third-order valence-corrected chi connectivity index (χ3v) is 3.28. The molecule has 3 N–H and O–H groups in total. The zero-order chi connectivity index (χ0) is 13.1. The number of anilines is 1. The van der Waals surface area contributed by atoms with Gasteiger partial charge in [-0.2, -0.15) is 0 Å². The maximum atomic E-state index is 13.6. The molecule has 5 heteroatoms.